The first kappa shape index (κ1) is 15.7. The predicted octanol–water partition coefficient (Wildman–Crippen LogP) is 2.65. The SMILES string of the molecule is CN1CC2(C)CCCC34C1C(CC23)C12CCC(CC41)C1(COCO1)C2O. The molecule has 144 valence electrons. The van der Waals surface area contributed by atoms with Crippen LogP contribution < -0.4 is 0 Å². The van der Waals surface area contributed by atoms with Gasteiger partial charge in [-0.2, -0.15) is 0 Å². The van der Waals surface area contributed by atoms with Crippen LogP contribution in [-0.2, 0) is 9.47 Å². The molecular weight excluding hydrogens is 326 g/mol. The Labute approximate surface area is 156 Å². The van der Waals surface area contributed by atoms with Crippen LogP contribution in [0.5, 0.6) is 0 Å². The second-order valence-electron chi connectivity index (χ2n) is 11.5. The third-order valence-corrected chi connectivity index (χ3v) is 11.2. The van der Waals surface area contributed by atoms with E-state index in [4.69, 9.17) is 9.47 Å². The van der Waals surface area contributed by atoms with Crippen LogP contribution in [0.15, 0.2) is 0 Å². The molecule has 3 spiro atoms. The van der Waals surface area contributed by atoms with E-state index in [1.54, 1.807) is 0 Å². The number of hydrogen-bond acceptors (Lipinski definition) is 4. The first-order chi connectivity index (χ1) is 12.5. The number of hydrogen-bond donors (Lipinski definition) is 1. The lowest BCUT2D eigenvalue weighted by Crippen LogP contribution is -2.71. The first-order valence-electron chi connectivity index (χ1n) is 11.1. The van der Waals surface area contributed by atoms with Crippen molar-refractivity contribution in [3.63, 3.8) is 0 Å². The maximum atomic E-state index is 11.9. The van der Waals surface area contributed by atoms with Gasteiger partial charge in [-0.3, -0.25) is 0 Å². The summed E-state index contributed by atoms with van der Waals surface area (Å²) in [6.07, 6.45) is 9.03. The van der Waals surface area contributed by atoms with Crippen molar-refractivity contribution in [1.29, 1.82) is 0 Å². The molecule has 0 amide bonds. The number of aliphatic hydroxyl groups is 1. The second kappa shape index (κ2) is 4.37. The molecule has 4 heteroatoms. The summed E-state index contributed by atoms with van der Waals surface area (Å²) in [5, 5.41) is 11.9. The Kier molecular flexibility index (Phi) is 2.64. The monoisotopic (exact) mass is 359 g/mol. The Morgan fingerprint density at radius 1 is 1.08 bits per heavy atom. The Morgan fingerprint density at radius 2 is 1.96 bits per heavy atom. The quantitative estimate of drug-likeness (QED) is 0.722. The number of aliphatic hydroxyl groups excluding tert-OH is 1. The van der Waals surface area contributed by atoms with Gasteiger partial charge in [0.15, 0.2) is 0 Å². The summed E-state index contributed by atoms with van der Waals surface area (Å²) in [5.41, 5.74) is 0.693. The van der Waals surface area contributed by atoms with E-state index in [2.05, 4.69) is 18.9 Å². The van der Waals surface area contributed by atoms with E-state index in [0.29, 0.717) is 42.1 Å². The molecule has 26 heavy (non-hydrogen) atoms. The summed E-state index contributed by atoms with van der Waals surface area (Å²) in [4.78, 5) is 2.75. The molecule has 7 bridgehead atoms. The lowest BCUT2D eigenvalue weighted by molar-refractivity contribution is -0.277. The smallest absolute Gasteiger partial charge is 0.147 e. The van der Waals surface area contributed by atoms with Gasteiger partial charge in [0.2, 0.25) is 0 Å². The fourth-order valence-electron chi connectivity index (χ4n) is 10.9. The summed E-state index contributed by atoms with van der Waals surface area (Å²) >= 11 is 0. The van der Waals surface area contributed by atoms with Crippen LogP contribution in [0.4, 0.5) is 0 Å². The fraction of sp³-hybridized carbons (Fsp3) is 1.00. The largest absolute Gasteiger partial charge is 0.389 e. The zero-order valence-corrected chi connectivity index (χ0v) is 16.2. The van der Waals surface area contributed by atoms with Crippen LogP contribution in [0.1, 0.15) is 51.9 Å². The van der Waals surface area contributed by atoms with Crippen LogP contribution >= 0.6 is 0 Å². The van der Waals surface area contributed by atoms with E-state index in [1.165, 1.54) is 51.5 Å². The van der Waals surface area contributed by atoms with E-state index in [9.17, 15) is 5.11 Å². The number of nitrogens with zero attached hydrogens (tertiary/aromatic N) is 1. The van der Waals surface area contributed by atoms with E-state index < -0.39 is 0 Å². The lowest BCUT2D eigenvalue weighted by atomic mass is 9.38. The van der Waals surface area contributed by atoms with E-state index >= 15 is 0 Å². The molecule has 8 fully saturated rings. The van der Waals surface area contributed by atoms with Gasteiger partial charge in [0, 0.05) is 18.0 Å². The second-order valence-corrected chi connectivity index (χ2v) is 11.5. The third-order valence-electron chi connectivity index (χ3n) is 11.2. The molecule has 8 aliphatic rings. The molecule has 6 aliphatic carbocycles. The Bertz CT molecular complexity index is 676. The van der Waals surface area contributed by atoms with Gasteiger partial charge in [-0.1, -0.05) is 13.3 Å². The van der Waals surface area contributed by atoms with Crippen molar-refractivity contribution in [2.75, 3.05) is 27.0 Å². The molecule has 6 saturated carbocycles. The third kappa shape index (κ3) is 1.30. The van der Waals surface area contributed by atoms with Gasteiger partial charge in [0.1, 0.15) is 12.4 Å². The first-order valence-corrected chi connectivity index (χ1v) is 11.1. The summed E-state index contributed by atoms with van der Waals surface area (Å²) in [6, 6.07) is 0.705. The highest BCUT2D eigenvalue weighted by atomic mass is 16.7. The van der Waals surface area contributed by atoms with Gasteiger partial charge in [-0.15, -0.1) is 0 Å². The molecule has 8 rings (SSSR count). The Balaban J connectivity index is 1.43. The Morgan fingerprint density at radius 3 is 2.77 bits per heavy atom. The molecular formula is C22H33NO3. The molecule has 2 saturated heterocycles. The molecule has 10 unspecified atom stereocenters. The van der Waals surface area contributed by atoms with Crippen LogP contribution in [0.3, 0.4) is 0 Å². The summed E-state index contributed by atoms with van der Waals surface area (Å²) in [7, 11) is 2.40. The van der Waals surface area contributed by atoms with Crippen LogP contribution in [0.25, 0.3) is 0 Å². The number of likely N-dealkylation sites (tertiary alicyclic amines) is 1. The van der Waals surface area contributed by atoms with Gasteiger partial charge in [0.25, 0.3) is 0 Å². The van der Waals surface area contributed by atoms with Crippen LogP contribution in [0, 0.1) is 39.9 Å². The minimum atomic E-state index is -0.388. The van der Waals surface area contributed by atoms with Gasteiger partial charge < -0.3 is 19.5 Å². The maximum Gasteiger partial charge on any atom is 0.147 e. The van der Waals surface area contributed by atoms with Crippen molar-refractivity contribution in [1.82, 2.24) is 4.90 Å². The summed E-state index contributed by atoms with van der Waals surface area (Å²) in [5.74, 6) is 2.78. The van der Waals surface area contributed by atoms with E-state index in [0.717, 1.165) is 11.8 Å². The zero-order valence-electron chi connectivity index (χ0n) is 16.2. The molecule has 0 aromatic heterocycles. The van der Waals surface area contributed by atoms with Gasteiger partial charge in [-0.05, 0) is 80.1 Å². The van der Waals surface area contributed by atoms with Crippen LogP contribution in [0.2, 0.25) is 0 Å². The fourth-order valence-corrected chi connectivity index (χ4v) is 10.9. The normalized spacial score (nSPS) is 68.0. The zero-order chi connectivity index (χ0) is 17.5. The van der Waals surface area contributed by atoms with Gasteiger partial charge >= 0.3 is 0 Å². The molecule has 1 N–H and O–H groups in total. The highest BCUT2D eigenvalue weighted by Crippen LogP contribution is 2.84. The topological polar surface area (TPSA) is 41.9 Å². The van der Waals surface area contributed by atoms with Crippen molar-refractivity contribution in [3.8, 4) is 0 Å². The highest BCUT2D eigenvalue weighted by molar-refractivity contribution is 5.34. The van der Waals surface area contributed by atoms with Crippen LogP contribution in [-0.4, -0.2) is 54.7 Å². The van der Waals surface area contributed by atoms with E-state index in [1.807, 2.05) is 0 Å². The minimum absolute atomic E-state index is 0.0977. The maximum absolute atomic E-state index is 11.9. The molecule has 0 aromatic rings. The predicted molar refractivity (Wildman–Crippen MR) is 96.3 cm³/mol. The molecule has 4 nitrogen and oxygen atoms in total. The molecule has 10 atom stereocenters. The van der Waals surface area contributed by atoms with Crippen molar-refractivity contribution in [2.45, 2.75) is 69.6 Å². The van der Waals surface area contributed by atoms with E-state index in [-0.39, 0.29) is 17.1 Å². The number of piperidine rings is 1. The number of rotatable bonds is 0. The molecule has 0 aromatic carbocycles. The summed E-state index contributed by atoms with van der Waals surface area (Å²) < 4.78 is 11.9. The highest BCUT2D eigenvalue weighted by Gasteiger charge is 2.84. The average Bonchev–Trinajstić information content (AvgIpc) is 3.26. The Hall–Kier alpha value is -0.160. The van der Waals surface area contributed by atoms with Gasteiger partial charge in [-0.25, -0.2) is 0 Å². The van der Waals surface area contributed by atoms with Crippen molar-refractivity contribution in [3.05, 3.63) is 0 Å². The number of fused-ring (bicyclic) bond motifs is 1. The lowest BCUT2D eigenvalue weighted by Gasteiger charge is -2.69. The van der Waals surface area contributed by atoms with Crippen molar-refractivity contribution in [2.24, 2.45) is 39.9 Å². The minimum Gasteiger partial charge on any atom is -0.389 e. The average molecular weight is 360 g/mol. The summed E-state index contributed by atoms with van der Waals surface area (Å²) in [6.45, 7) is 4.86. The van der Waals surface area contributed by atoms with Gasteiger partial charge in [0.05, 0.1) is 12.7 Å². The van der Waals surface area contributed by atoms with Crippen molar-refractivity contribution < 1.29 is 14.6 Å². The molecule has 2 heterocycles. The standard InChI is InChI=1S/C22H33NO3/c1-19-5-3-6-21-15(19)9-14(17(21)23(2)10-19)20-7-4-13(8-16(20)21)22(18(20)24)11-25-12-26-22/h13-18,24H,3-12H2,1-2H3. The molecule has 2 aliphatic heterocycles. The molecule has 0 radical (unpaired) electrons. The number of ether oxygens (including phenoxy) is 2. The van der Waals surface area contributed by atoms with Crippen molar-refractivity contribution >= 4 is 0 Å².